The van der Waals surface area contributed by atoms with Gasteiger partial charge in [-0.15, -0.1) is 0 Å². The zero-order valence-electron chi connectivity index (χ0n) is 16.0. The van der Waals surface area contributed by atoms with E-state index in [0.29, 0.717) is 6.61 Å². The number of para-hydroxylation sites is 1. The number of aromatic nitrogens is 1. The van der Waals surface area contributed by atoms with Gasteiger partial charge in [-0.05, 0) is 23.6 Å². The molecule has 0 unspecified atom stereocenters. The Morgan fingerprint density at radius 3 is 2.14 bits per heavy atom. The molecule has 0 amide bonds. The van der Waals surface area contributed by atoms with E-state index in [2.05, 4.69) is 41.0 Å². The summed E-state index contributed by atoms with van der Waals surface area (Å²) < 4.78 is 8.82. The summed E-state index contributed by atoms with van der Waals surface area (Å²) in [6, 6.07) is 28.5. The molecule has 4 aromatic rings. The molecule has 148 valence electrons. The summed E-state index contributed by atoms with van der Waals surface area (Å²) in [6.45, 7) is 0.544. The highest BCUT2D eigenvalue weighted by Gasteiger charge is 2.23. The average Bonchev–Trinajstić information content (AvgIpc) is 3.10. The lowest BCUT2D eigenvalue weighted by atomic mass is 10.1. The van der Waals surface area contributed by atoms with Crippen molar-refractivity contribution in [3.05, 3.63) is 101 Å². The van der Waals surface area contributed by atoms with E-state index < -0.39 is 0 Å². The molecule has 0 atom stereocenters. The third kappa shape index (κ3) is 5.52. The number of halogens is 1. The van der Waals surface area contributed by atoms with E-state index in [1.54, 1.807) is 11.3 Å². The minimum atomic E-state index is -0.210. The van der Waals surface area contributed by atoms with E-state index in [4.69, 9.17) is 4.74 Å². The van der Waals surface area contributed by atoms with Crippen LogP contribution in [0.1, 0.15) is 16.1 Å². The first-order valence-electron chi connectivity index (χ1n) is 9.43. The zero-order valence-corrected chi connectivity index (χ0v) is 18.4. The van der Waals surface area contributed by atoms with E-state index in [1.165, 1.54) is 15.3 Å². The van der Waals surface area contributed by atoms with E-state index in [1.807, 2.05) is 48.5 Å². The number of thiazole rings is 1. The molecule has 0 N–H and O–H groups in total. The van der Waals surface area contributed by atoms with Crippen molar-refractivity contribution in [3.63, 3.8) is 0 Å². The number of ether oxygens (including phenoxy) is 1. The van der Waals surface area contributed by atoms with Gasteiger partial charge in [0.05, 0.1) is 0 Å². The summed E-state index contributed by atoms with van der Waals surface area (Å²) in [6.07, 6.45) is 1.85. The highest BCUT2D eigenvalue weighted by atomic mass is 79.9. The van der Waals surface area contributed by atoms with Gasteiger partial charge in [0.15, 0.2) is 0 Å². The van der Waals surface area contributed by atoms with E-state index in [9.17, 15) is 4.79 Å². The van der Waals surface area contributed by atoms with Crippen LogP contribution < -0.4 is 21.5 Å². The van der Waals surface area contributed by atoms with Crippen LogP contribution in [0.15, 0.2) is 84.9 Å². The number of benzene rings is 3. The van der Waals surface area contributed by atoms with Gasteiger partial charge in [0.2, 0.25) is 17.1 Å². The monoisotopic (exact) mass is 467 g/mol. The maximum atomic E-state index is 12.5. The van der Waals surface area contributed by atoms with Crippen LogP contribution in [0.3, 0.4) is 0 Å². The van der Waals surface area contributed by atoms with Crippen LogP contribution >= 0.6 is 11.3 Å². The van der Waals surface area contributed by atoms with Crippen LogP contribution in [0.2, 0.25) is 0 Å². The number of hydrogen-bond donors (Lipinski definition) is 0. The molecule has 0 fully saturated rings. The fourth-order valence-electron chi connectivity index (χ4n) is 3.25. The van der Waals surface area contributed by atoms with Crippen molar-refractivity contribution < 1.29 is 31.1 Å². The summed E-state index contributed by atoms with van der Waals surface area (Å²) in [5.74, 6) is -0.210. The second-order valence-electron chi connectivity index (χ2n) is 6.68. The molecule has 0 saturated carbocycles. The van der Waals surface area contributed by atoms with Crippen molar-refractivity contribution in [1.82, 2.24) is 0 Å². The highest BCUT2D eigenvalue weighted by Crippen LogP contribution is 2.21. The molecule has 1 aromatic heterocycles. The van der Waals surface area contributed by atoms with Crippen LogP contribution in [-0.2, 0) is 35.5 Å². The van der Waals surface area contributed by atoms with Gasteiger partial charge in [-0.25, -0.2) is 4.79 Å². The van der Waals surface area contributed by atoms with Crippen LogP contribution in [0.5, 0.6) is 0 Å². The first-order valence-corrected chi connectivity index (χ1v) is 10.2. The molecule has 0 radical (unpaired) electrons. The second-order valence-corrected chi connectivity index (χ2v) is 7.80. The highest BCUT2D eigenvalue weighted by molar-refractivity contribution is 7.18. The van der Waals surface area contributed by atoms with Crippen molar-refractivity contribution in [2.45, 2.75) is 26.0 Å². The number of rotatable bonds is 7. The van der Waals surface area contributed by atoms with Crippen LogP contribution in [0.25, 0.3) is 10.2 Å². The molecule has 29 heavy (non-hydrogen) atoms. The van der Waals surface area contributed by atoms with Gasteiger partial charge in [-0.3, -0.25) is 0 Å². The Morgan fingerprint density at radius 2 is 1.41 bits per heavy atom. The maximum absolute atomic E-state index is 12.5. The van der Waals surface area contributed by atoms with Gasteiger partial charge in [0.25, 0.3) is 0 Å². The molecule has 3 aromatic carbocycles. The lowest BCUT2D eigenvalue weighted by molar-refractivity contribution is -0.663. The summed E-state index contributed by atoms with van der Waals surface area (Å²) in [4.78, 5) is 12.5. The average molecular weight is 468 g/mol. The number of aryl methyl sites for hydroxylation is 2. The van der Waals surface area contributed by atoms with E-state index in [-0.39, 0.29) is 29.5 Å². The zero-order chi connectivity index (χ0) is 19.2. The van der Waals surface area contributed by atoms with Crippen molar-refractivity contribution in [2.24, 2.45) is 0 Å². The molecule has 5 heteroatoms. The van der Waals surface area contributed by atoms with Crippen molar-refractivity contribution in [2.75, 3.05) is 0 Å². The minimum absolute atomic E-state index is 0. The van der Waals surface area contributed by atoms with Gasteiger partial charge in [-0.2, -0.15) is 4.57 Å². The number of carbonyl (C=O) groups excluding carboxylic acids is 1. The molecule has 3 nitrogen and oxygen atoms in total. The number of hydrogen-bond acceptors (Lipinski definition) is 3. The summed E-state index contributed by atoms with van der Waals surface area (Å²) >= 11 is 1.75. The van der Waals surface area contributed by atoms with Crippen molar-refractivity contribution in [3.8, 4) is 0 Å². The molecule has 0 aliphatic heterocycles. The van der Waals surface area contributed by atoms with Crippen molar-refractivity contribution in [1.29, 1.82) is 0 Å². The Bertz CT molecular complexity index is 1060. The Kier molecular flexibility index (Phi) is 7.55. The fraction of sp³-hybridized carbons (Fsp3) is 0.167. The number of fused-ring (bicyclic) bond motifs is 1. The lowest BCUT2D eigenvalue weighted by Gasteiger charge is -2.04. The van der Waals surface area contributed by atoms with Crippen LogP contribution in [-0.4, -0.2) is 5.97 Å². The largest absolute Gasteiger partial charge is 1.00 e. The molecule has 1 heterocycles. The van der Waals surface area contributed by atoms with Gasteiger partial charge in [0.1, 0.15) is 11.3 Å². The molecule has 0 bridgehead atoms. The summed E-state index contributed by atoms with van der Waals surface area (Å²) in [5.41, 5.74) is 3.39. The Labute approximate surface area is 185 Å². The lowest BCUT2D eigenvalue weighted by Crippen LogP contribution is -3.00. The SMILES string of the molecule is O=C(C[n+]1c(CCc2ccccc2)sc2ccccc21)OCc1ccccc1.[Br-]. The van der Waals surface area contributed by atoms with Gasteiger partial charge in [-0.1, -0.05) is 84.1 Å². The van der Waals surface area contributed by atoms with Crippen LogP contribution in [0.4, 0.5) is 0 Å². The summed E-state index contributed by atoms with van der Waals surface area (Å²) in [7, 11) is 0. The maximum Gasteiger partial charge on any atom is 0.373 e. The second kappa shape index (κ2) is 10.3. The third-order valence-corrected chi connectivity index (χ3v) is 5.91. The topological polar surface area (TPSA) is 30.2 Å². The summed E-state index contributed by atoms with van der Waals surface area (Å²) in [5, 5.41) is 1.20. The quantitative estimate of drug-likeness (QED) is 0.306. The number of esters is 1. The van der Waals surface area contributed by atoms with Gasteiger partial charge >= 0.3 is 5.97 Å². The fourth-order valence-corrected chi connectivity index (χ4v) is 4.41. The van der Waals surface area contributed by atoms with E-state index in [0.717, 1.165) is 23.9 Å². The molecular formula is C24H22BrNO2S. The van der Waals surface area contributed by atoms with Gasteiger partial charge in [0, 0.05) is 12.5 Å². The molecule has 0 aliphatic carbocycles. The van der Waals surface area contributed by atoms with E-state index >= 15 is 0 Å². The predicted octanol–water partition coefficient (Wildman–Crippen LogP) is 1.72. The first-order chi connectivity index (χ1) is 13.8. The molecule has 0 spiro atoms. The van der Waals surface area contributed by atoms with Gasteiger partial charge < -0.3 is 21.7 Å². The molecular weight excluding hydrogens is 446 g/mol. The predicted molar refractivity (Wildman–Crippen MR) is 112 cm³/mol. The molecule has 4 rings (SSSR count). The molecule has 0 aliphatic rings. The Hall–Kier alpha value is -2.50. The number of carbonyl (C=O) groups is 1. The normalized spacial score (nSPS) is 10.5. The number of nitrogens with zero attached hydrogens (tertiary/aromatic N) is 1. The third-order valence-electron chi connectivity index (χ3n) is 4.69. The first kappa shape index (κ1) is 21.2. The standard InChI is InChI=1S/C24H22NO2S.BrH/c26-24(27-18-20-11-5-2-6-12-20)17-25-21-13-7-8-14-22(21)28-23(25)16-15-19-9-3-1-4-10-19;/h1-14H,15-18H2;1H/q+1;/p-1. The van der Waals surface area contributed by atoms with Crippen molar-refractivity contribution >= 4 is 27.5 Å². The van der Waals surface area contributed by atoms with Crippen LogP contribution in [0, 0.1) is 0 Å². The molecule has 0 saturated heterocycles. The Balaban J connectivity index is 0.00000240. The smallest absolute Gasteiger partial charge is 0.373 e. The minimum Gasteiger partial charge on any atom is -1.00 e. The Morgan fingerprint density at radius 1 is 0.793 bits per heavy atom.